The van der Waals surface area contributed by atoms with Crippen LogP contribution in [0.25, 0.3) is 0 Å². The molecule has 0 radical (unpaired) electrons. The summed E-state index contributed by atoms with van der Waals surface area (Å²) in [6, 6.07) is 13.1. The summed E-state index contributed by atoms with van der Waals surface area (Å²) < 4.78 is 26.0. The van der Waals surface area contributed by atoms with Gasteiger partial charge in [0.2, 0.25) is 10.0 Å². The smallest absolute Gasteiger partial charge is 0.255 e. The molecule has 0 saturated carbocycles. The molecule has 1 amide bonds. The minimum absolute atomic E-state index is 0.0359. The Labute approximate surface area is 140 Å². The van der Waals surface area contributed by atoms with Crippen LogP contribution in [0.3, 0.4) is 0 Å². The van der Waals surface area contributed by atoms with E-state index >= 15 is 0 Å². The molecule has 0 fully saturated rings. The summed E-state index contributed by atoms with van der Waals surface area (Å²) in [5.74, 6) is -0.294. The number of sulfonamides is 1. The van der Waals surface area contributed by atoms with E-state index in [1.54, 1.807) is 49.4 Å². The molecule has 23 heavy (non-hydrogen) atoms. The fourth-order valence-electron chi connectivity index (χ4n) is 1.96. The van der Waals surface area contributed by atoms with E-state index in [1.165, 1.54) is 6.07 Å². The van der Waals surface area contributed by atoms with Gasteiger partial charge in [0, 0.05) is 22.0 Å². The summed E-state index contributed by atoms with van der Waals surface area (Å²) in [5.41, 5.74) is 1.33. The van der Waals surface area contributed by atoms with Gasteiger partial charge in [-0.2, -0.15) is 0 Å². The highest BCUT2D eigenvalue weighted by molar-refractivity contribution is 7.92. The highest BCUT2D eigenvalue weighted by Crippen LogP contribution is 2.17. The van der Waals surface area contributed by atoms with Crippen molar-refractivity contribution in [2.75, 3.05) is 15.8 Å². The van der Waals surface area contributed by atoms with Crippen molar-refractivity contribution in [3.05, 3.63) is 59.1 Å². The molecule has 0 aliphatic carbocycles. The summed E-state index contributed by atoms with van der Waals surface area (Å²) in [7, 11) is -3.39. The molecule has 0 bridgehead atoms. The lowest BCUT2D eigenvalue weighted by atomic mass is 10.2. The molecule has 0 atom stereocenters. The van der Waals surface area contributed by atoms with Gasteiger partial charge < -0.3 is 5.32 Å². The van der Waals surface area contributed by atoms with Crippen LogP contribution in [0.5, 0.6) is 0 Å². The first kappa shape index (κ1) is 17.3. The lowest BCUT2D eigenvalue weighted by molar-refractivity contribution is 0.102. The van der Waals surface area contributed by atoms with Crippen LogP contribution in [0.4, 0.5) is 11.4 Å². The van der Waals surface area contributed by atoms with Crippen molar-refractivity contribution >= 4 is 38.9 Å². The maximum absolute atomic E-state index is 12.2. The van der Waals surface area contributed by atoms with Crippen LogP contribution in [0.1, 0.15) is 23.7 Å². The zero-order valence-electron chi connectivity index (χ0n) is 12.5. The Bertz CT molecular complexity index is 789. The molecule has 0 unspecified atom stereocenters. The molecular formula is C16H17ClN2O3S. The Hall–Kier alpha value is -2.05. The third-order valence-electron chi connectivity index (χ3n) is 2.97. The van der Waals surface area contributed by atoms with E-state index in [2.05, 4.69) is 10.0 Å². The first-order valence-electron chi connectivity index (χ1n) is 7.07. The molecule has 0 aliphatic rings. The number of carbonyl (C=O) groups excluding carboxylic acids is 1. The second-order valence-corrected chi connectivity index (χ2v) is 7.24. The molecular weight excluding hydrogens is 336 g/mol. The zero-order valence-corrected chi connectivity index (χ0v) is 14.1. The quantitative estimate of drug-likeness (QED) is 0.831. The van der Waals surface area contributed by atoms with E-state index in [9.17, 15) is 13.2 Å². The van der Waals surface area contributed by atoms with Gasteiger partial charge in [0.05, 0.1) is 5.75 Å². The standard InChI is InChI=1S/C16H17ClN2O3S/c1-2-10-23(21,22)19-15-5-3-4-12(11-15)16(20)18-14-8-6-13(17)7-9-14/h3-9,11,19H,2,10H2,1H3,(H,18,20). The minimum Gasteiger partial charge on any atom is -0.322 e. The molecule has 7 heteroatoms. The number of nitrogens with one attached hydrogen (secondary N) is 2. The van der Waals surface area contributed by atoms with Crippen LogP contribution in [-0.2, 0) is 10.0 Å². The molecule has 0 aromatic heterocycles. The van der Waals surface area contributed by atoms with Crippen LogP contribution in [0.15, 0.2) is 48.5 Å². The Morgan fingerprint density at radius 3 is 2.43 bits per heavy atom. The maximum Gasteiger partial charge on any atom is 0.255 e. The predicted molar refractivity (Wildman–Crippen MR) is 93.5 cm³/mol. The van der Waals surface area contributed by atoms with E-state index in [0.717, 1.165) is 0 Å². The third-order valence-corrected chi connectivity index (χ3v) is 4.72. The van der Waals surface area contributed by atoms with Gasteiger partial charge >= 0.3 is 0 Å². The number of halogens is 1. The van der Waals surface area contributed by atoms with E-state index in [0.29, 0.717) is 28.4 Å². The molecule has 0 heterocycles. The van der Waals surface area contributed by atoms with Gasteiger partial charge in [-0.05, 0) is 48.9 Å². The molecule has 2 N–H and O–H groups in total. The van der Waals surface area contributed by atoms with Gasteiger partial charge in [0.1, 0.15) is 0 Å². The second kappa shape index (κ2) is 7.48. The molecule has 2 aromatic carbocycles. The largest absolute Gasteiger partial charge is 0.322 e. The number of benzene rings is 2. The van der Waals surface area contributed by atoms with Gasteiger partial charge in [-0.3, -0.25) is 9.52 Å². The number of amides is 1. The Morgan fingerprint density at radius 2 is 1.78 bits per heavy atom. The van der Waals surface area contributed by atoms with Crippen molar-refractivity contribution < 1.29 is 13.2 Å². The van der Waals surface area contributed by atoms with Crippen molar-refractivity contribution in [1.82, 2.24) is 0 Å². The first-order valence-corrected chi connectivity index (χ1v) is 9.10. The summed E-state index contributed by atoms with van der Waals surface area (Å²) in [6.45, 7) is 1.79. The normalized spacial score (nSPS) is 11.0. The van der Waals surface area contributed by atoms with E-state index < -0.39 is 10.0 Å². The number of hydrogen-bond acceptors (Lipinski definition) is 3. The van der Waals surface area contributed by atoms with Gasteiger partial charge in [0.25, 0.3) is 5.91 Å². The lowest BCUT2D eigenvalue weighted by Crippen LogP contribution is -2.17. The van der Waals surface area contributed by atoms with Crippen LogP contribution in [0.2, 0.25) is 5.02 Å². The monoisotopic (exact) mass is 352 g/mol. The summed E-state index contributed by atoms with van der Waals surface area (Å²) in [5, 5.41) is 3.30. The van der Waals surface area contributed by atoms with Crippen molar-refractivity contribution in [3.8, 4) is 0 Å². The highest BCUT2D eigenvalue weighted by Gasteiger charge is 2.11. The van der Waals surface area contributed by atoms with Crippen LogP contribution < -0.4 is 10.0 Å². The van der Waals surface area contributed by atoms with Crippen molar-refractivity contribution in [3.63, 3.8) is 0 Å². The number of rotatable bonds is 6. The Balaban J connectivity index is 2.12. The molecule has 0 aliphatic heterocycles. The van der Waals surface area contributed by atoms with Gasteiger partial charge in [-0.1, -0.05) is 24.6 Å². The molecule has 122 valence electrons. The average molecular weight is 353 g/mol. The van der Waals surface area contributed by atoms with E-state index in [-0.39, 0.29) is 11.7 Å². The summed E-state index contributed by atoms with van der Waals surface area (Å²) >= 11 is 5.80. The van der Waals surface area contributed by atoms with Crippen molar-refractivity contribution in [1.29, 1.82) is 0 Å². The second-order valence-electron chi connectivity index (χ2n) is 4.96. The first-order chi connectivity index (χ1) is 10.9. The SMILES string of the molecule is CCCS(=O)(=O)Nc1cccc(C(=O)Nc2ccc(Cl)cc2)c1. The van der Waals surface area contributed by atoms with Crippen LogP contribution >= 0.6 is 11.6 Å². The fourth-order valence-corrected chi connectivity index (χ4v) is 3.21. The molecule has 2 aromatic rings. The number of carbonyl (C=O) groups is 1. The Morgan fingerprint density at radius 1 is 1.09 bits per heavy atom. The van der Waals surface area contributed by atoms with Crippen molar-refractivity contribution in [2.24, 2.45) is 0 Å². The van der Waals surface area contributed by atoms with Crippen LogP contribution in [0, 0.1) is 0 Å². The van der Waals surface area contributed by atoms with Gasteiger partial charge in [-0.25, -0.2) is 8.42 Å². The molecule has 5 nitrogen and oxygen atoms in total. The number of anilines is 2. The lowest BCUT2D eigenvalue weighted by Gasteiger charge is -2.09. The molecule has 2 rings (SSSR count). The maximum atomic E-state index is 12.2. The molecule has 0 spiro atoms. The van der Waals surface area contributed by atoms with E-state index in [1.807, 2.05) is 0 Å². The fraction of sp³-hybridized carbons (Fsp3) is 0.188. The minimum atomic E-state index is -3.39. The average Bonchev–Trinajstić information content (AvgIpc) is 2.49. The number of hydrogen-bond donors (Lipinski definition) is 2. The highest BCUT2D eigenvalue weighted by atomic mass is 35.5. The van der Waals surface area contributed by atoms with Gasteiger partial charge in [-0.15, -0.1) is 0 Å². The van der Waals surface area contributed by atoms with Crippen molar-refractivity contribution in [2.45, 2.75) is 13.3 Å². The van der Waals surface area contributed by atoms with Gasteiger partial charge in [0.15, 0.2) is 0 Å². The zero-order chi connectivity index (χ0) is 16.9. The van der Waals surface area contributed by atoms with E-state index in [4.69, 9.17) is 11.6 Å². The predicted octanol–water partition coefficient (Wildman–Crippen LogP) is 3.74. The molecule has 0 saturated heterocycles. The Kier molecular flexibility index (Phi) is 5.63. The topological polar surface area (TPSA) is 75.3 Å². The summed E-state index contributed by atoms with van der Waals surface area (Å²) in [6.07, 6.45) is 0.520. The summed E-state index contributed by atoms with van der Waals surface area (Å²) in [4.78, 5) is 12.2. The van der Waals surface area contributed by atoms with Crippen LogP contribution in [-0.4, -0.2) is 20.1 Å². The third kappa shape index (κ3) is 5.26.